The van der Waals surface area contributed by atoms with Crippen molar-refractivity contribution in [2.45, 2.75) is 24.4 Å². The smallest absolute Gasteiger partial charge is 0.355 e. The van der Waals surface area contributed by atoms with Crippen LogP contribution in [0.15, 0.2) is 29.3 Å². The monoisotopic (exact) mass is 425 g/mol. The molecule has 1 fully saturated rings. The number of aliphatic imine (C=N–C) groups is 1. The van der Waals surface area contributed by atoms with Gasteiger partial charge in [0.25, 0.3) is 0 Å². The summed E-state index contributed by atoms with van der Waals surface area (Å²) in [7, 11) is 1.96. The maximum atomic E-state index is 12.8. The number of nitrogens with one attached hydrogen (secondary N) is 1. The Balaban J connectivity index is 0.00000176. The van der Waals surface area contributed by atoms with Crippen LogP contribution in [0.2, 0.25) is 0 Å². The standard InChI is InChI=1S/C15H18F3N3.HI/c1-21-8-7-19-13(21)20-10-14(5-6-14)11-3-2-4-12(9-11)15(16,17)18;/h2-4,9H,5-8,10H2,1H3,(H,19,20);1H. The van der Waals surface area contributed by atoms with Gasteiger partial charge in [-0.1, -0.05) is 18.2 Å². The molecule has 2 aliphatic rings. The second kappa shape index (κ2) is 6.25. The number of benzene rings is 1. The molecule has 1 heterocycles. The van der Waals surface area contributed by atoms with Crippen molar-refractivity contribution in [1.29, 1.82) is 0 Å². The Kier molecular flexibility index (Phi) is 4.93. The summed E-state index contributed by atoms with van der Waals surface area (Å²) in [6.45, 7) is 2.30. The lowest BCUT2D eigenvalue weighted by Gasteiger charge is -2.21. The van der Waals surface area contributed by atoms with E-state index in [1.807, 2.05) is 11.9 Å². The zero-order chi connectivity index (χ0) is 15.1. The van der Waals surface area contributed by atoms with Crippen LogP contribution in [0.4, 0.5) is 13.2 Å². The summed E-state index contributed by atoms with van der Waals surface area (Å²) in [5.41, 5.74) is 0.0281. The van der Waals surface area contributed by atoms with Gasteiger partial charge >= 0.3 is 6.18 Å². The number of hydrogen-bond acceptors (Lipinski definition) is 3. The molecule has 7 heteroatoms. The summed E-state index contributed by atoms with van der Waals surface area (Å²) in [4.78, 5) is 6.38. The van der Waals surface area contributed by atoms with Gasteiger partial charge in [-0.2, -0.15) is 13.2 Å². The maximum absolute atomic E-state index is 12.8. The van der Waals surface area contributed by atoms with Crippen LogP contribution in [0.25, 0.3) is 0 Å². The second-order valence-corrected chi connectivity index (χ2v) is 5.84. The van der Waals surface area contributed by atoms with Crippen LogP contribution in [0.1, 0.15) is 24.0 Å². The zero-order valence-electron chi connectivity index (χ0n) is 12.3. The normalized spacial score (nSPS) is 19.5. The molecule has 1 aliphatic heterocycles. The Morgan fingerprint density at radius 3 is 2.59 bits per heavy atom. The maximum Gasteiger partial charge on any atom is 0.416 e. The number of likely N-dealkylation sites (N-methyl/N-ethyl adjacent to an activating group) is 1. The molecule has 1 saturated carbocycles. The molecular weight excluding hydrogens is 406 g/mol. The van der Waals surface area contributed by atoms with Crippen molar-refractivity contribution < 1.29 is 13.2 Å². The van der Waals surface area contributed by atoms with Crippen LogP contribution in [0.3, 0.4) is 0 Å². The SMILES string of the molecule is CN1CCN=C1NCC1(c2cccc(C(F)(F)F)c2)CC1.I. The fraction of sp³-hybridized carbons (Fsp3) is 0.533. The minimum Gasteiger partial charge on any atom is -0.355 e. The molecule has 1 aromatic carbocycles. The van der Waals surface area contributed by atoms with E-state index in [0.717, 1.165) is 43.5 Å². The number of guanidine groups is 1. The van der Waals surface area contributed by atoms with E-state index in [1.54, 1.807) is 6.07 Å². The second-order valence-electron chi connectivity index (χ2n) is 5.84. The molecule has 0 bridgehead atoms. The lowest BCUT2D eigenvalue weighted by Crippen LogP contribution is -2.39. The first-order chi connectivity index (χ1) is 9.91. The van der Waals surface area contributed by atoms with E-state index in [4.69, 9.17) is 0 Å². The van der Waals surface area contributed by atoms with E-state index >= 15 is 0 Å². The van der Waals surface area contributed by atoms with Gasteiger partial charge < -0.3 is 10.2 Å². The average molecular weight is 425 g/mol. The van der Waals surface area contributed by atoms with Crippen LogP contribution >= 0.6 is 24.0 Å². The van der Waals surface area contributed by atoms with E-state index in [9.17, 15) is 13.2 Å². The number of alkyl halides is 3. The molecule has 22 heavy (non-hydrogen) atoms. The minimum atomic E-state index is -4.28. The van der Waals surface area contributed by atoms with E-state index in [2.05, 4.69) is 10.3 Å². The molecule has 3 rings (SSSR count). The molecule has 1 N–H and O–H groups in total. The van der Waals surface area contributed by atoms with Gasteiger partial charge in [0.15, 0.2) is 5.96 Å². The van der Waals surface area contributed by atoms with E-state index < -0.39 is 11.7 Å². The lowest BCUT2D eigenvalue weighted by molar-refractivity contribution is -0.137. The largest absolute Gasteiger partial charge is 0.416 e. The molecular formula is C15H19F3IN3. The first-order valence-corrected chi connectivity index (χ1v) is 7.08. The van der Waals surface area contributed by atoms with Crippen LogP contribution in [0, 0.1) is 0 Å². The summed E-state index contributed by atoms with van der Waals surface area (Å²) in [5.74, 6) is 0.841. The number of hydrogen-bond donors (Lipinski definition) is 1. The van der Waals surface area contributed by atoms with Gasteiger partial charge in [-0.05, 0) is 24.5 Å². The molecule has 0 saturated heterocycles. The summed E-state index contributed by atoms with van der Waals surface area (Å²) < 4.78 is 38.5. The summed E-state index contributed by atoms with van der Waals surface area (Å²) in [5, 5.41) is 3.29. The highest BCUT2D eigenvalue weighted by molar-refractivity contribution is 14.0. The zero-order valence-corrected chi connectivity index (χ0v) is 14.6. The molecule has 0 radical (unpaired) electrons. The number of halogens is 4. The topological polar surface area (TPSA) is 27.6 Å². The van der Waals surface area contributed by atoms with Gasteiger partial charge in [-0.25, -0.2) is 0 Å². The third-order valence-electron chi connectivity index (χ3n) is 4.30. The molecule has 1 aromatic rings. The van der Waals surface area contributed by atoms with Gasteiger partial charge in [-0.3, -0.25) is 4.99 Å². The van der Waals surface area contributed by atoms with Gasteiger partial charge in [-0.15, -0.1) is 24.0 Å². The Labute approximate surface area is 145 Å². The van der Waals surface area contributed by atoms with E-state index in [0.29, 0.717) is 6.54 Å². The third-order valence-corrected chi connectivity index (χ3v) is 4.30. The van der Waals surface area contributed by atoms with Crippen LogP contribution < -0.4 is 5.32 Å². The van der Waals surface area contributed by atoms with Gasteiger partial charge in [0.1, 0.15) is 0 Å². The van der Waals surface area contributed by atoms with Crippen LogP contribution in [-0.2, 0) is 11.6 Å². The first-order valence-electron chi connectivity index (χ1n) is 7.08. The predicted molar refractivity (Wildman–Crippen MR) is 90.7 cm³/mol. The summed E-state index contributed by atoms with van der Waals surface area (Å²) in [6, 6.07) is 5.71. The highest BCUT2D eigenvalue weighted by Gasteiger charge is 2.45. The molecule has 0 spiro atoms. The molecule has 3 nitrogen and oxygen atoms in total. The van der Waals surface area contributed by atoms with Crippen molar-refractivity contribution in [3.05, 3.63) is 35.4 Å². The molecule has 1 aliphatic carbocycles. The molecule has 0 unspecified atom stereocenters. The van der Waals surface area contributed by atoms with Gasteiger partial charge in [0.05, 0.1) is 12.1 Å². The Morgan fingerprint density at radius 1 is 1.32 bits per heavy atom. The highest BCUT2D eigenvalue weighted by atomic mass is 127. The summed E-state index contributed by atoms with van der Waals surface area (Å²) in [6.07, 6.45) is -2.45. The Hall–Kier alpha value is -0.990. The van der Waals surface area contributed by atoms with Crippen molar-refractivity contribution >= 4 is 29.9 Å². The minimum absolute atomic E-state index is 0. The van der Waals surface area contributed by atoms with E-state index in [1.165, 1.54) is 12.1 Å². The van der Waals surface area contributed by atoms with Crippen molar-refractivity contribution in [1.82, 2.24) is 10.2 Å². The van der Waals surface area contributed by atoms with Crippen molar-refractivity contribution in [3.8, 4) is 0 Å². The number of rotatable bonds is 3. The lowest BCUT2D eigenvalue weighted by atomic mass is 9.94. The third kappa shape index (κ3) is 3.49. The molecule has 0 amide bonds. The quantitative estimate of drug-likeness (QED) is 0.754. The van der Waals surface area contributed by atoms with Gasteiger partial charge in [0, 0.05) is 25.6 Å². The van der Waals surface area contributed by atoms with Crippen LogP contribution in [0.5, 0.6) is 0 Å². The molecule has 0 aromatic heterocycles. The predicted octanol–water partition coefficient (Wildman–Crippen LogP) is 3.25. The Bertz CT molecular complexity index is 567. The average Bonchev–Trinajstić information content (AvgIpc) is 3.13. The first kappa shape index (κ1) is 17.4. The fourth-order valence-electron chi connectivity index (χ4n) is 2.72. The molecule has 0 atom stereocenters. The highest BCUT2D eigenvalue weighted by Crippen LogP contribution is 2.48. The number of nitrogens with zero attached hydrogens (tertiary/aromatic N) is 2. The van der Waals surface area contributed by atoms with Gasteiger partial charge in [0.2, 0.25) is 0 Å². The van der Waals surface area contributed by atoms with Crippen molar-refractivity contribution in [2.24, 2.45) is 4.99 Å². The molecule has 122 valence electrons. The van der Waals surface area contributed by atoms with Crippen molar-refractivity contribution in [3.63, 3.8) is 0 Å². The van der Waals surface area contributed by atoms with E-state index in [-0.39, 0.29) is 29.4 Å². The Morgan fingerprint density at radius 2 is 2.05 bits per heavy atom. The van der Waals surface area contributed by atoms with Crippen molar-refractivity contribution in [2.75, 3.05) is 26.7 Å². The fourth-order valence-corrected chi connectivity index (χ4v) is 2.72. The summed E-state index contributed by atoms with van der Waals surface area (Å²) >= 11 is 0. The van der Waals surface area contributed by atoms with Crippen LogP contribution in [-0.4, -0.2) is 37.5 Å².